The van der Waals surface area contributed by atoms with Crippen LogP contribution in [0.2, 0.25) is 0 Å². The summed E-state index contributed by atoms with van der Waals surface area (Å²) in [4.78, 5) is 24.7. The summed E-state index contributed by atoms with van der Waals surface area (Å²) in [5.41, 5.74) is 4.06. The molecule has 0 N–H and O–H groups in total. The first-order valence-corrected chi connectivity index (χ1v) is 6.75. The molecule has 2 rings (SSSR count). The largest absolute Gasteiger partial charge is 0.465 e. The fourth-order valence-electron chi connectivity index (χ4n) is 2.44. The molecule has 0 aliphatic rings. The van der Waals surface area contributed by atoms with Gasteiger partial charge < -0.3 is 4.74 Å². The Hall–Kier alpha value is -2.42. The Morgan fingerprint density at radius 1 is 0.905 bits per heavy atom. The van der Waals surface area contributed by atoms with Crippen LogP contribution in [0, 0.1) is 20.8 Å². The molecule has 2 aromatic carbocycles. The zero-order valence-electron chi connectivity index (χ0n) is 12.7. The van der Waals surface area contributed by atoms with Gasteiger partial charge in [-0.15, -0.1) is 0 Å². The van der Waals surface area contributed by atoms with Gasteiger partial charge in [0.2, 0.25) is 0 Å². The molecule has 0 unspecified atom stereocenters. The van der Waals surface area contributed by atoms with E-state index in [1.807, 2.05) is 26.0 Å². The summed E-state index contributed by atoms with van der Waals surface area (Å²) in [6, 6.07) is 10.9. The van der Waals surface area contributed by atoms with Gasteiger partial charge in [-0.3, -0.25) is 4.79 Å². The molecule has 0 fully saturated rings. The summed E-state index contributed by atoms with van der Waals surface area (Å²) < 4.78 is 4.80. The Kier molecular flexibility index (Phi) is 4.22. The van der Waals surface area contributed by atoms with Gasteiger partial charge in [-0.25, -0.2) is 4.79 Å². The third kappa shape index (κ3) is 2.87. The number of aryl methyl sites for hydroxylation is 3. The number of carbonyl (C=O) groups is 2. The summed E-state index contributed by atoms with van der Waals surface area (Å²) >= 11 is 0. The predicted octanol–water partition coefficient (Wildman–Crippen LogP) is 3.63. The second-order valence-corrected chi connectivity index (χ2v) is 5.14. The standard InChI is InChI=1S/C18H18O3/c1-11-8-9-14(13(3)10-11)17(19)15-7-5-6-12(2)16(15)18(20)21-4/h5-10H,1-4H3. The molecular weight excluding hydrogens is 264 g/mol. The van der Waals surface area contributed by atoms with Crippen molar-refractivity contribution in [2.75, 3.05) is 7.11 Å². The van der Waals surface area contributed by atoms with E-state index in [-0.39, 0.29) is 5.78 Å². The number of carbonyl (C=O) groups excluding carboxylic acids is 2. The Bertz CT molecular complexity index is 714. The Morgan fingerprint density at radius 2 is 1.62 bits per heavy atom. The van der Waals surface area contributed by atoms with E-state index in [4.69, 9.17) is 4.74 Å². The molecule has 0 saturated heterocycles. The number of ether oxygens (including phenoxy) is 1. The molecule has 3 heteroatoms. The molecule has 0 radical (unpaired) electrons. The number of esters is 1. The van der Waals surface area contributed by atoms with E-state index in [1.54, 1.807) is 31.2 Å². The van der Waals surface area contributed by atoms with Crippen LogP contribution in [-0.4, -0.2) is 18.9 Å². The molecule has 2 aromatic rings. The molecule has 0 atom stereocenters. The Morgan fingerprint density at radius 3 is 2.24 bits per heavy atom. The lowest BCUT2D eigenvalue weighted by atomic mass is 9.92. The SMILES string of the molecule is COC(=O)c1c(C)cccc1C(=O)c1ccc(C)cc1C. The van der Waals surface area contributed by atoms with Crippen molar-refractivity contribution in [1.29, 1.82) is 0 Å². The van der Waals surface area contributed by atoms with Gasteiger partial charge in [0, 0.05) is 11.1 Å². The molecule has 0 heterocycles. The van der Waals surface area contributed by atoms with Crippen LogP contribution in [0.25, 0.3) is 0 Å². The average Bonchev–Trinajstić information content (AvgIpc) is 2.45. The number of ketones is 1. The van der Waals surface area contributed by atoms with Crippen LogP contribution >= 0.6 is 0 Å². The van der Waals surface area contributed by atoms with Crippen LogP contribution in [0.15, 0.2) is 36.4 Å². The van der Waals surface area contributed by atoms with Crippen molar-refractivity contribution in [2.45, 2.75) is 20.8 Å². The summed E-state index contributed by atoms with van der Waals surface area (Å²) in [7, 11) is 1.32. The van der Waals surface area contributed by atoms with Crippen LogP contribution in [0.3, 0.4) is 0 Å². The zero-order valence-corrected chi connectivity index (χ0v) is 12.7. The monoisotopic (exact) mass is 282 g/mol. The first kappa shape index (κ1) is 15.0. The summed E-state index contributed by atoms with van der Waals surface area (Å²) in [6.45, 7) is 5.67. The maximum atomic E-state index is 12.8. The van der Waals surface area contributed by atoms with Crippen molar-refractivity contribution in [3.63, 3.8) is 0 Å². The number of hydrogen-bond donors (Lipinski definition) is 0. The van der Waals surface area contributed by atoms with Crippen molar-refractivity contribution in [2.24, 2.45) is 0 Å². The van der Waals surface area contributed by atoms with E-state index in [1.165, 1.54) is 7.11 Å². The van der Waals surface area contributed by atoms with E-state index in [9.17, 15) is 9.59 Å². The summed E-state index contributed by atoms with van der Waals surface area (Å²) in [6.07, 6.45) is 0. The van der Waals surface area contributed by atoms with Gasteiger partial charge in [0.05, 0.1) is 12.7 Å². The molecule has 0 aliphatic carbocycles. The van der Waals surface area contributed by atoms with Crippen molar-refractivity contribution >= 4 is 11.8 Å². The number of hydrogen-bond acceptors (Lipinski definition) is 3. The predicted molar refractivity (Wildman–Crippen MR) is 81.9 cm³/mol. The van der Waals surface area contributed by atoms with Crippen LogP contribution in [0.1, 0.15) is 43.0 Å². The van der Waals surface area contributed by atoms with Gasteiger partial charge in [0.15, 0.2) is 5.78 Å². The second-order valence-electron chi connectivity index (χ2n) is 5.14. The van der Waals surface area contributed by atoms with Gasteiger partial charge >= 0.3 is 5.97 Å². The minimum absolute atomic E-state index is 0.156. The van der Waals surface area contributed by atoms with Crippen molar-refractivity contribution < 1.29 is 14.3 Å². The highest BCUT2D eigenvalue weighted by atomic mass is 16.5. The number of methoxy groups -OCH3 is 1. The smallest absolute Gasteiger partial charge is 0.338 e. The van der Waals surface area contributed by atoms with Crippen LogP contribution in [0.5, 0.6) is 0 Å². The zero-order chi connectivity index (χ0) is 15.6. The van der Waals surface area contributed by atoms with E-state index in [0.717, 1.165) is 16.7 Å². The van der Waals surface area contributed by atoms with Gasteiger partial charge in [0.25, 0.3) is 0 Å². The molecule has 108 valence electrons. The molecule has 0 aromatic heterocycles. The van der Waals surface area contributed by atoms with E-state index in [0.29, 0.717) is 16.7 Å². The van der Waals surface area contributed by atoms with Crippen LogP contribution in [0.4, 0.5) is 0 Å². The van der Waals surface area contributed by atoms with Crippen LogP contribution in [-0.2, 0) is 4.74 Å². The van der Waals surface area contributed by atoms with E-state index < -0.39 is 5.97 Å². The van der Waals surface area contributed by atoms with Gasteiger partial charge in [0.1, 0.15) is 0 Å². The first-order valence-electron chi connectivity index (χ1n) is 6.75. The summed E-state index contributed by atoms with van der Waals surface area (Å²) in [5.74, 6) is -0.641. The lowest BCUT2D eigenvalue weighted by molar-refractivity contribution is 0.0596. The van der Waals surface area contributed by atoms with Crippen molar-refractivity contribution in [1.82, 2.24) is 0 Å². The Labute approximate surface area is 124 Å². The average molecular weight is 282 g/mol. The Balaban J connectivity index is 2.59. The molecule has 0 saturated carbocycles. The second kappa shape index (κ2) is 5.92. The van der Waals surface area contributed by atoms with Gasteiger partial charge in [-0.2, -0.15) is 0 Å². The highest BCUT2D eigenvalue weighted by molar-refractivity contribution is 6.15. The van der Waals surface area contributed by atoms with Crippen LogP contribution < -0.4 is 0 Å². The maximum Gasteiger partial charge on any atom is 0.338 e. The third-order valence-electron chi connectivity index (χ3n) is 3.53. The maximum absolute atomic E-state index is 12.8. The lowest BCUT2D eigenvalue weighted by Gasteiger charge is -2.11. The van der Waals surface area contributed by atoms with Gasteiger partial charge in [-0.1, -0.05) is 42.0 Å². The molecule has 0 bridgehead atoms. The minimum Gasteiger partial charge on any atom is -0.465 e. The van der Waals surface area contributed by atoms with Crippen molar-refractivity contribution in [3.8, 4) is 0 Å². The van der Waals surface area contributed by atoms with Crippen molar-refractivity contribution in [3.05, 3.63) is 69.8 Å². The highest BCUT2D eigenvalue weighted by Gasteiger charge is 2.21. The number of rotatable bonds is 3. The topological polar surface area (TPSA) is 43.4 Å². The fourth-order valence-corrected chi connectivity index (χ4v) is 2.44. The fraction of sp³-hybridized carbons (Fsp3) is 0.222. The first-order chi connectivity index (χ1) is 9.95. The highest BCUT2D eigenvalue weighted by Crippen LogP contribution is 2.21. The van der Waals surface area contributed by atoms with E-state index >= 15 is 0 Å². The summed E-state index contributed by atoms with van der Waals surface area (Å²) in [5, 5.41) is 0. The normalized spacial score (nSPS) is 10.3. The lowest BCUT2D eigenvalue weighted by Crippen LogP contribution is -2.14. The minimum atomic E-state index is -0.485. The van der Waals surface area contributed by atoms with Gasteiger partial charge in [-0.05, 0) is 31.9 Å². The molecule has 3 nitrogen and oxygen atoms in total. The molecule has 0 spiro atoms. The quantitative estimate of drug-likeness (QED) is 0.638. The third-order valence-corrected chi connectivity index (χ3v) is 3.53. The molecule has 21 heavy (non-hydrogen) atoms. The van der Waals surface area contributed by atoms with E-state index in [2.05, 4.69) is 0 Å². The molecular formula is C18H18O3. The molecule has 0 amide bonds. The molecule has 0 aliphatic heterocycles. The number of benzene rings is 2.